The Labute approximate surface area is 136 Å². The molecule has 1 aliphatic rings. The summed E-state index contributed by atoms with van der Waals surface area (Å²) in [5.41, 5.74) is 0.801. The number of benzene rings is 1. The highest BCUT2D eigenvalue weighted by Crippen LogP contribution is 2.42. The molecule has 0 aromatic heterocycles. The maximum atomic E-state index is 14.5. The average Bonchev–Trinajstić information content (AvgIpc) is 2.55. The molecule has 1 saturated carbocycles. The number of hydrogen-bond donors (Lipinski definition) is 0. The number of carbonyl (C=O) groups is 1. The van der Waals surface area contributed by atoms with E-state index >= 15 is 0 Å². The number of ether oxygens (including phenoxy) is 3. The highest BCUT2D eigenvalue weighted by Gasteiger charge is 2.35. The van der Waals surface area contributed by atoms with E-state index in [1.807, 2.05) is 6.07 Å². The first-order valence-electron chi connectivity index (χ1n) is 8.14. The van der Waals surface area contributed by atoms with Gasteiger partial charge in [-0.05, 0) is 37.5 Å². The van der Waals surface area contributed by atoms with Crippen LogP contribution in [0.2, 0.25) is 0 Å². The third kappa shape index (κ3) is 3.83. The Kier molecular flexibility index (Phi) is 5.99. The molecule has 1 fully saturated rings. The van der Waals surface area contributed by atoms with Crippen molar-refractivity contribution in [3.8, 4) is 5.75 Å². The largest absolute Gasteiger partial charge is 0.493 e. The first-order valence-corrected chi connectivity index (χ1v) is 8.14. The molecule has 2 rings (SSSR count). The van der Waals surface area contributed by atoms with Crippen LogP contribution in [-0.4, -0.2) is 26.8 Å². The zero-order valence-corrected chi connectivity index (χ0v) is 14.1. The van der Waals surface area contributed by atoms with Crippen molar-refractivity contribution in [1.82, 2.24) is 0 Å². The van der Waals surface area contributed by atoms with Gasteiger partial charge in [-0.2, -0.15) is 0 Å². The van der Waals surface area contributed by atoms with Crippen LogP contribution in [0.4, 0.5) is 4.39 Å². The third-order valence-electron chi connectivity index (χ3n) is 4.54. The zero-order chi connectivity index (χ0) is 16.9. The van der Waals surface area contributed by atoms with Crippen LogP contribution in [0, 0.1) is 5.82 Å². The van der Waals surface area contributed by atoms with Gasteiger partial charge in [0.05, 0.1) is 25.7 Å². The van der Waals surface area contributed by atoms with E-state index in [2.05, 4.69) is 0 Å². The normalized spacial score (nSPS) is 16.9. The minimum Gasteiger partial charge on any atom is -0.493 e. The summed E-state index contributed by atoms with van der Waals surface area (Å²) in [5.74, 6) is -0.757. The predicted octanol–water partition coefficient (Wildman–Crippen LogP) is 3.75. The molecule has 0 bridgehead atoms. The number of methoxy groups -OCH3 is 2. The van der Waals surface area contributed by atoms with Crippen molar-refractivity contribution in [2.45, 2.75) is 51.0 Å². The molecule has 23 heavy (non-hydrogen) atoms. The summed E-state index contributed by atoms with van der Waals surface area (Å²) in [7, 11) is 3.07. The first kappa shape index (κ1) is 17.7. The average molecular weight is 324 g/mol. The van der Waals surface area contributed by atoms with E-state index < -0.39 is 17.4 Å². The summed E-state index contributed by atoms with van der Waals surface area (Å²) in [5, 5.41) is 0. The third-order valence-corrected chi connectivity index (χ3v) is 4.54. The van der Waals surface area contributed by atoms with Gasteiger partial charge < -0.3 is 14.2 Å². The van der Waals surface area contributed by atoms with Gasteiger partial charge in [0.25, 0.3) is 0 Å². The summed E-state index contributed by atoms with van der Waals surface area (Å²) < 4.78 is 30.4. The molecule has 0 N–H and O–H groups in total. The van der Waals surface area contributed by atoms with Crippen LogP contribution < -0.4 is 4.74 Å². The van der Waals surface area contributed by atoms with Gasteiger partial charge in [-0.1, -0.05) is 19.3 Å². The summed E-state index contributed by atoms with van der Waals surface area (Å²) in [6, 6.07) is 3.30. The fraction of sp³-hybridized carbons (Fsp3) is 0.611. The van der Waals surface area contributed by atoms with E-state index in [9.17, 15) is 9.18 Å². The van der Waals surface area contributed by atoms with Gasteiger partial charge in [-0.15, -0.1) is 0 Å². The molecule has 0 aliphatic heterocycles. The van der Waals surface area contributed by atoms with E-state index in [0.29, 0.717) is 12.2 Å². The molecule has 1 aliphatic carbocycles. The van der Waals surface area contributed by atoms with Crippen LogP contribution in [0.25, 0.3) is 0 Å². The second kappa shape index (κ2) is 7.77. The molecular weight excluding hydrogens is 299 g/mol. The highest BCUT2D eigenvalue weighted by atomic mass is 19.1. The van der Waals surface area contributed by atoms with Gasteiger partial charge in [-0.3, -0.25) is 4.79 Å². The predicted molar refractivity (Wildman–Crippen MR) is 85.1 cm³/mol. The minimum atomic E-state index is -0.477. The lowest BCUT2D eigenvalue weighted by Crippen LogP contribution is -2.31. The zero-order valence-electron chi connectivity index (χ0n) is 14.1. The monoisotopic (exact) mass is 324 g/mol. The Morgan fingerprint density at radius 3 is 2.48 bits per heavy atom. The van der Waals surface area contributed by atoms with Crippen LogP contribution >= 0.6 is 0 Å². The van der Waals surface area contributed by atoms with E-state index in [0.717, 1.165) is 31.2 Å². The van der Waals surface area contributed by atoms with Crippen molar-refractivity contribution in [2.24, 2.45) is 0 Å². The van der Waals surface area contributed by atoms with Crippen LogP contribution in [0.1, 0.15) is 50.2 Å². The lowest BCUT2D eigenvalue weighted by Gasteiger charge is -2.37. The molecule has 0 atom stereocenters. The molecule has 128 valence electrons. The van der Waals surface area contributed by atoms with E-state index in [1.165, 1.54) is 19.6 Å². The second-order valence-corrected chi connectivity index (χ2v) is 5.89. The molecular formula is C18H25FO4. The Hall–Kier alpha value is -1.62. The SMILES string of the molecule is CCOC(=O)Cc1cc(C2(OC)CCCCC2)cc(F)c1OC. The topological polar surface area (TPSA) is 44.8 Å². The Bertz CT molecular complexity index is 550. The molecule has 0 heterocycles. The molecule has 0 radical (unpaired) electrons. The van der Waals surface area contributed by atoms with E-state index in [4.69, 9.17) is 14.2 Å². The molecule has 5 heteroatoms. The second-order valence-electron chi connectivity index (χ2n) is 5.89. The first-order chi connectivity index (χ1) is 11.1. The molecule has 0 spiro atoms. The summed E-state index contributed by atoms with van der Waals surface area (Å²) in [6.45, 7) is 2.04. The smallest absolute Gasteiger partial charge is 0.310 e. The molecule has 4 nitrogen and oxygen atoms in total. The van der Waals surface area contributed by atoms with Crippen LogP contribution in [0.3, 0.4) is 0 Å². The maximum Gasteiger partial charge on any atom is 0.310 e. The van der Waals surface area contributed by atoms with Crippen LogP contribution in [0.15, 0.2) is 12.1 Å². The minimum absolute atomic E-state index is 0.0123. The van der Waals surface area contributed by atoms with E-state index in [-0.39, 0.29) is 12.2 Å². The van der Waals surface area contributed by atoms with Gasteiger partial charge in [-0.25, -0.2) is 4.39 Å². The lowest BCUT2D eigenvalue weighted by atomic mass is 9.78. The number of rotatable bonds is 6. The summed E-state index contributed by atoms with van der Waals surface area (Å²) >= 11 is 0. The van der Waals surface area contributed by atoms with Gasteiger partial charge in [0.1, 0.15) is 0 Å². The van der Waals surface area contributed by atoms with Gasteiger partial charge >= 0.3 is 5.97 Å². The van der Waals surface area contributed by atoms with Gasteiger partial charge in [0.2, 0.25) is 0 Å². The standard InChI is InChI=1S/C18H25FO4/c1-4-23-16(20)11-13-10-14(12-15(19)17(13)21-2)18(22-3)8-6-5-7-9-18/h10,12H,4-9,11H2,1-3H3. The van der Waals surface area contributed by atoms with Crippen LogP contribution in [0.5, 0.6) is 5.75 Å². The van der Waals surface area contributed by atoms with Crippen molar-refractivity contribution in [3.63, 3.8) is 0 Å². The highest BCUT2D eigenvalue weighted by molar-refractivity contribution is 5.73. The fourth-order valence-electron chi connectivity index (χ4n) is 3.37. The van der Waals surface area contributed by atoms with Gasteiger partial charge in [0.15, 0.2) is 11.6 Å². The van der Waals surface area contributed by atoms with Crippen molar-refractivity contribution in [1.29, 1.82) is 0 Å². The van der Waals surface area contributed by atoms with Gasteiger partial charge in [0, 0.05) is 12.7 Å². The van der Waals surface area contributed by atoms with Crippen molar-refractivity contribution < 1.29 is 23.4 Å². The summed E-state index contributed by atoms with van der Waals surface area (Å²) in [6.07, 6.45) is 4.96. The van der Waals surface area contributed by atoms with Crippen molar-refractivity contribution >= 4 is 5.97 Å². The fourth-order valence-corrected chi connectivity index (χ4v) is 3.37. The number of carbonyl (C=O) groups excluding carboxylic acids is 1. The quantitative estimate of drug-likeness (QED) is 0.748. The Balaban J connectivity index is 2.41. The maximum absolute atomic E-state index is 14.5. The molecule has 1 aromatic rings. The number of esters is 1. The molecule has 1 aromatic carbocycles. The van der Waals surface area contributed by atoms with Crippen molar-refractivity contribution in [3.05, 3.63) is 29.1 Å². The van der Waals surface area contributed by atoms with Crippen LogP contribution in [-0.2, 0) is 26.3 Å². The molecule has 0 amide bonds. The van der Waals surface area contributed by atoms with E-state index in [1.54, 1.807) is 14.0 Å². The Morgan fingerprint density at radius 2 is 1.91 bits per heavy atom. The number of hydrogen-bond acceptors (Lipinski definition) is 4. The Morgan fingerprint density at radius 1 is 1.22 bits per heavy atom. The number of halogens is 1. The molecule has 0 saturated heterocycles. The molecule has 0 unspecified atom stereocenters. The summed E-state index contributed by atoms with van der Waals surface area (Å²) in [4.78, 5) is 11.8. The lowest BCUT2D eigenvalue weighted by molar-refractivity contribution is -0.142. The van der Waals surface area contributed by atoms with Crippen molar-refractivity contribution in [2.75, 3.05) is 20.8 Å².